The van der Waals surface area contributed by atoms with E-state index in [9.17, 15) is 10.2 Å². The highest BCUT2D eigenvalue weighted by Gasteiger charge is 2.23. The van der Waals surface area contributed by atoms with Gasteiger partial charge in [-0.2, -0.15) is 0 Å². The van der Waals surface area contributed by atoms with Crippen LogP contribution in [0.3, 0.4) is 0 Å². The van der Waals surface area contributed by atoms with Gasteiger partial charge in [0.05, 0.1) is 6.61 Å². The molecule has 18 heavy (non-hydrogen) atoms. The van der Waals surface area contributed by atoms with E-state index in [1.165, 1.54) is 11.1 Å². The lowest BCUT2D eigenvalue weighted by atomic mass is 9.79. The van der Waals surface area contributed by atoms with Crippen molar-refractivity contribution >= 4 is 0 Å². The summed E-state index contributed by atoms with van der Waals surface area (Å²) in [7, 11) is 0. The van der Waals surface area contributed by atoms with Crippen LogP contribution >= 0.6 is 0 Å². The van der Waals surface area contributed by atoms with Crippen LogP contribution in [-0.2, 0) is 19.4 Å². The molecule has 2 aromatic rings. The number of phenolic OH excluding ortho intramolecular Hbond substituents is 1. The second-order valence-electron chi connectivity index (χ2n) is 4.90. The van der Waals surface area contributed by atoms with Gasteiger partial charge in [-0.1, -0.05) is 18.2 Å². The number of benzene rings is 2. The van der Waals surface area contributed by atoms with Gasteiger partial charge in [0.15, 0.2) is 0 Å². The molecule has 0 saturated heterocycles. The molecule has 2 nitrogen and oxygen atoms in total. The first-order valence-electron chi connectivity index (χ1n) is 6.25. The number of aliphatic hydroxyl groups is 1. The fraction of sp³-hybridized carbons (Fsp3) is 0.250. The van der Waals surface area contributed by atoms with Gasteiger partial charge < -0.3 is 10.2 Å². The van der Waals surface area contributed by atoms with Crippen molar-refractivity contribution in [3.63, 3.8) is 0 Å². The summed E-state index contributed by atoms with van der Waals surface area (Å²) in [5.41, 5.74) is 6.74. The van der Waals surface area contributed by atoms with Crippen molar-refractivity contribution in [1.82, 2.24) is 0 Å². The molecule has 0 unspecified atom stereocenters. The molecule has 1 aliphatic rings. The SMILES string of the molecule is Cc1cc(O)c2c(c1-c1cccc(CO)c1)CC2. The molecule has 1 aliphatic carbocycles. The highest BCUT2D eigenvalue weighted by atomic mass is 16.3. The molecular formula is C16H16O2. The Labute approximate surface area is 107 Å². The van der Waals surface area contributed by atoms with E-state index in [2.05, 4.69) is 6.07 Å². The molecule has 92 valence electrons. The van der Waals surface area contributed by atoms with Crippen molar-refractivity contribution in [3.05, 3.63) is 52.6 Å². The Kier molecular flexibility index (Phi) is 2.60. The predicted octanol–water partition coefficient (Wildman–Crippen LogP) is 2.96. The first kappa shape index (κ1) is 11.3. The summed E-state index contributed by atoms with van der Waals surface area (Å²) < 4.78 is 0. The maximum atomic E-state index is 9.86. The van der Waals surface area contributed by atoms with Crippen molar-refractivity contribution in [1.29, 1.82) is 0 Å². The molecule has 0 fully saturated rings. The fourth-order valence-electron chi connectivity index (χ4n) is 2.76. The maximum absolute atomic E-state index is 9.86. The highest BCUT2D eigenvalue weighted by molar-refractivity contribution is 5.76. The number of aromatic hydroxyl groups is 1. The maximum Gasteiger partial charge on any atom is 0.119 e. The van der Waals surface area contributed by atoms with Crippen LogP contribution in [0, 0.1) is 6.92 Å². The van der Waals surface area contributed by atoms with Crippen LogP contribution in [0.1, 0.15) is 22.3 Å². The van der Waals surface area contributed by atoms with E-state index in [-0.39, 0.29) is 6.61 Å². The monoisotopic (exact) mass is 240 g/mol. The molecule has 0 amide bonds. The lowest BCUT2D eigenvalue weighted by Gasteiger charge is -2.26. The molecule has 0 spiro atoms. The molecule has 2 aromatic carbocycles. The summed E-state index contributed by atoms with van der Waals surface area (Å²) in [5.74, 6) is 0.427. The topological polar surface area (TPSA) is 40.5 Å². The highest BCUT2D eigenvalue weighted by Crippen LogP contribution is 2.41. The van der Waals surface area contributed by atoms with E-state index < -0.39 is 0 Å². The number of hydrogen-bond donors (Lipinski definition) is 2. The molecule has 0 heterocycles. The van der Waals surface area contributed by atoms with Gasteiger partial charge in [-0.25, -0.2) is 0 Å². The molecule has 0 aromatic heterocycles. The van der Waals surface area contributed by atoms with Gasteiger partial charge in [-0.3, -0.25) is 0 Å². The summed E-state index contributed by atoms with van der Waals surface area (Å²) in [6, 6.07) is 9.83. The molecule has 0 radical (unpaired) electrons. The van der Waals surface area contributed by atoms with Crippen molar-refractivity contribution in [2.75, 3.05) is 0 Å². The minimum atomic E-state index is 0.0627. The lowest BCUT2D eigenvalue weighted by molar-refractivity contribution is 0.282. The number of aryl methyl sites for hydroxylation is 1. The zero-order valence-electron chi connectivity index (χ0n) is 10.4. The Morgan fingerprint density at radius 1 is 1.11 bits per heavy atom. The van der Waals surface area contributed by atoms with Crippen LogP contribution in [0.25, 0.3) is 11.1 Å². The van der Waals surface area contributed by atoms with Gasteiger partial charge in [0.1, 0.15) is 5.75 Å². The minimum Gasteiger partial charge on any atom is -0.508 e. The van der Waals surface area contributed by atoms with E-state index in [0.717, 1.165) is 35.1 Å². The largest absolute Gasteiger partial charge is 0.508 e. The number of aliphatic hydroxyl groups excluding tert-OH is 1. The van der Waals surface area contributed by atoms with Crippen molar-refractivity contribution in [2.24, 2.45) is 0 Å². The zero-order valence-corrected chi connectivity index (χ0v) is 10.4. The third-order valence-electron chi connectivity index (χ3n) is 3.75. The Balaban J connectivity index is 2.20. The van der Waals surface area contributed by atoms with E-state index in [4.69, 9.17) is 0 Å². The number of rotatable bonds is 2. The quantitative estimate of drug-likeness (QED) is 0.847. The molecule has 0 atom stereocenters. The van der Waals surface area contributed by atoms with E-state index in [0.29, 0.717) is 5.75 Å². The van der Waals surface area contributed by atoms with E-state index in [1.54, 1.807) is 0 Å². The van der Waals surface area contributed by atoms with Crippen LogP contribution in [0.4, 0.5) is 0 Å². The average molecular weight is 240 g/mol. The van der Waals surface area contributed by atoms with E-state index in [1.807, 2.05) is 31.2 Å². The second kappa shape index (κ2) is 4.14. The smallest absolute Gasteiger partial charge is 0.119 e. The average Bonchev–Trinajstić information content (AvgIpc) is 2.32. The molecule has 3 rings (SSSR count). The summed E-state index contributed by atoms with van der Waals surface area (Å²) in [6.07, 6.45) is 2.00. The first-order chi connectivity index (χ1) is 8.70. The third-order valence-corrected chi connectivity index (χ3v) is 3.75. The summed E-state index contributed by atoms with van der Waals surface area (Å²) in [4.78, 5) is 0. The summed E-state index contributed by atoms with van der Waals surface area (Å²) >= 11 is 0. The number of fused-ring (bicyclic) bond motifs is 1. The van der Waals surface area contributed by atoms with Crippen molar-refractivity contribution < 1.29 is 10.2 Å². The fourth-order valence-corrected chi connectivity index (χ4v) is 2.76. The number of hydrogen-bond acceptors (Lipinski definition) is 2. The third kappa shape index (κ3) is 1.61. The summed E-state index contributed by atoms with van der Waals surface area (Å²) in [6.45, 7) is 2.09. The Morgan fingerprint density at radius 3 is 2.56 bits per heavy atom. The van der Waals surface area contributed by atoms with Gasteiger partial charge in [-0.05, 0) is 65.3 Å². The predicted molar refractivity (Wildman–Crippen MR) is 71.6 cm³/mol. The van der Waals surface area contributed by atoms with Crippen LogP contribution in [0.15, 0.2) is 30.3 Å². The van der Waals surface area contributed by atoms with Gasteiger partial charge >= 0.3 is 0 Å². The minimum absolute atomic E-state index is 0.0627. The van der Waals surface area contributed by atoms with E-state index >= 15 is 0 Å². The Bertz CT molecular complexity index is 615. The molecule has 2 heteroatoms. The van der Waals surface area contributed by atoms with Gasteiger partial charge in [-0.15, -0.1) is 0 Å². The normalized spacial score (nSPS) is 13.0. The van der Waals surface area contributed by atoms with Gasteiger partial charge in [0.25, 0.3) is 0 Å². The van der Waals surface area contributed by atoms with Crippen molar-refractivity contribution in [3.8, 4) is 16.9 Å². The Hall–Kier alpha value is -1.80. The molecular weight excluding hydrogens is 224 g/mol. The van der Waals surface area contributed by atoms with Crippen molar-refractivity contribution in [2.45, 2.75) is 26.4 Å². The van der Waals surface area contributed by atoms with Gasteiger partial charge in [0.2, 0.25) is 0 Å². The lowest BCUT2D eigenvalue weighted by Crippen LogP contribution is -2.11. The van der Waals surface area contributed by atoms with Crippen LogP contribution in [0.2, 0.25) is 0 Å². The molecule has 0 saturated carbocycles. The molecule has 2 N–H and O–H groups in total. The van der Waals surface area contributed by atoms with Crippen LogP contribution < -0.4 is 0 Å². The Morgan fingerprint density at radius 2 is 1.89 bits per heavy atom. The molecule has 0 bridgehead atoms. The standard InChI is InChI=1S/C16H16O2/c1-10-7-15(18)13-5-6-14(13)16(10)12-4-2-3-11(8-12)9-17/h2-4,7-8,17-18H,5-6,9H2,1H3. The zero-order chi connectivity index (χ0) is 12.7. The summed E-state index contributed by atoms with van der Waals surface area (Å²) in [5, 5.41) is 19.1. The van der Waals surface area contributed by atoms with Crippen LogP contribution in [0.5, 0.6) is 5.75 Å². The van der Waals surface area contributed by atoms with Crippen LogP contribution in [-0.4, -0.2) is 10.2 Å². The number of phenols is 1. The van der Waals surface area contributed by atoms with Gasteiger partial charge in [0, 0.05) is 0 Å². The first-order valence-corrected chi connectivity index (χ1v) is 6.25. The second-order valence-corrected chi connectivity index (χ2v) is 4.90. The molecule has 0 aliphatic heterocycles.